The molecule has 130 valence electrons. The van der Waals surface area contributed by atoms with Gasteiger partial charge in [-0.2, -0.15) is 0 Å². The number of aromatic nitrogens is 3. The van der Waals surface area contributed by atoms with Crippen molar-refractivity contribution in [1.82, 2.24) is 15.0 Å². The molecule has 0 aliphatic heterocycles. The fraction of sp³-hybridized carbons (Fsp3) is 0.111. The van der Waals surface area contributed by atoms with E-state index < -0.39 is 0 Å². The van der Waals surface area contributed by atoms with Crippen LogP contribution < -0.4 is 10.1 Å². The highest BCUT2D eigenvalue weighted by molar-refractivity contribution is 7.16. The van der Waals surface area contributed by atoms with Crippen LogP contribution in [0.25, 0.3) is 21.5 Å². The molecule has 0 aliphatic carbocycles. The van der Waals surface area contributed by atoms with Gasteiger partial charge in [0.25, 0.3) is 5.91 Å². The first-order valence-corrected chi connectivity index (χ1v) is 9.58. The maximum atomic E-state index is 12.2. The number of nitrogens with zero attached hydrogens (tertiary/aromatic N) is 3. The van der Waals surface area contributed by atoms with E-state index in [1.54, 1.807) is 11.3 Å². The molecule has 0 saturated heterocycles. The normalized spacial score (nSPS) is 10.8. The Hall–Kier alpha value is -2.84. The predicted molar refractivity (Wildman–Crippen MR) is 104 cm³/mol. The van der Waals surface area contributed by atoms with Crippen molar-refractivity contribution in [3.63, 3.8) is 0 Å². The molecule has 6 nitrogen and oxygen atoms in total. The average Bonchev–Trinajstić information content (AvgIpc) is 3.29. The van der Waals surface area contributed by atoms with Gasteiger partial charge in [-0.25, -0.2) is 15.0 Å². The molecule has 3 heterocycles. The molecule has 0 radical (unpaired) electrons. The number of hydrogen-bond donors (Lipinski definition) is 1. The van der Waals surface area contributed by atoms with E-state index in [4.69, 9.17) is 4.74 Å². The standard InChI is InChI=1S/C18H14N4O2S2/c1-11-21-15(9-26-11)12-3-2-4-13(7-12)22-16(23)8-24-17-14-5-6-25-18(14)20-10-19-17/h2-7,9-10H,8H2,1H3,(H,22,23). The van der Waals surface area contributed by atoms with Crippen LogP contribution in [0.4, 0.5) is 5.69 Å². The number of thiazole rings is 1. The second kappa shape index (κ2) is 7.19. The SMILES string of the molecule is Cc1nc(-c2cccc(NC(=O)COc3ncnc4sccc34)c2)cs1. The molecule has 0 spiro atoms. The highest BCUT2D eigenvalue weighted by Crippen LogP contribution is 2.26. The van der Waals surface area contributed by atoms with Gasteiger partial charge in [0, 0.05) is 16.6 Å². The lowest BCUT2D eigenvalue weighted by molar-refractivity contribution is -0.118. The van der Waals surface area contributed by atoms with Crippen molar-refractivity contribution < 1.29 is 9.53 Å². The summed E-state index contributed by atoms with van der Waals surface area (Å²) in [5.41, 5.74) is 2.56. The number of anilines is 1. The van der Waals surface area contributed by atoms with Gasteiger partial charge in [0.15, 0.2) is 6.61 Å². The van der Waals surface area contributed by atoms with Gasteiger partial charge in [-0.05, 0) is 30.5 Å². The minimum absolute atomic E-state index is 0.123. The van der Waals surface area contributed by atoms with E-state index >= 15 is 0 Å². The van der Waals surface area contributed by atoms with Crippen molar-refractivity contribution >= 4 is 44.5 Å². The van der Waals surface area contributed by atoms with Crippen LogP contribution in [-0.2, 0) is 4.79 Å². The number of hydrogen-bond acceptors (Lipinski definition) is 7. The maximum Gasteiger partial charge on any atom is 0.262 e. The Labute approximate surface area is 157 Å². The summed E-state index contributed by atoms with van der Waals surface area (Å²) >= 11 is 3.10. The number of amides is 1. The number of carbonyl (C=O) groups excluding carboxylic acids is 1. The first-order chi connectivity index (χ1) is 12.7. The zero-order valence-corrected chi connectivity index (χ0v) is 15.4. The number of fused-ring (bicyclic) bond motifs is 1. The smallest absolute Gasteiger partial charge is 0.262 e. The number of benzene rings is 1. The second-order valence-electron chi connectivity index (χ2n) is 5.49. The van der Waals surface area contributed by atoms with E-state index in [-0.39, 0.29) is 12.5 Å². The van der Waals surface area contributed by atoms with Crippen LogP contribution in [0.2, 0.25) is 0 Å². The van der Waals surface area contributed by atoms with Gasteiger partial charge in [-0.3, -0.25) is 4.79 Å². The lowest BCUT2D eigenvalue weighted by atomic mass is 10.1. The van der Waals surface area contributed by atoms with Crippen molar-refractivity contribution in [3.05, 3.63) is 52.4 Å². The number of nitrogens with one attached hydrogen (secondary N) is 1. The number of thiophene rings is 1. The van der Waals surface area contributed by atoms with Gasteiger partial charge >= 0.3 is 0 Å². The molecule has 0 unspecified atom stereocenters. The molecular weight excluding hydrogens is 368 g/mol. The minimum atomic E-state index is -0.251. The lowest BCUT2D eigenvalue weighted by Crippen LogP contribution is -2.20. The Kier molecular flexibility index (Phi) is 4.59. The monoisotopic (exact) mass is 382 g/mol. The van der Waals surface area contributed by atoms with Crippen LogP contribution in [0.1, 0.15) is 5.01 Å². The molecule has 0 atom stereocenters. The Bertz CT molecular complexity index is 1070. The lowest BCUT2D eigenvalue weighted by Gasteiger charge is -2.08. The van der Waals surface area contributed by atoms with Crippen LogP contribution in [0.3, 0.4) is 0 Å². The summed E-state index contributed by atoms with van der Waals surface area (Å²) in [7, 11) is 0. The third-order valence-corrected chi connectivity index (χ3v) is 5.22. The summed E-state index contributed by atoms with van der Waals surface area (Å²) in [6, 6.07) is 9.47. The molecular formula is C18H14N4O2S2. The zero-order valence-electron chi connectivity index (χ0n) is 13.8. The van der Waals surface area contributed by atoms with Gasteiger partial charge in [0.2, 0.25) is 5.88 Å². The number of rotatable bonds is 5. The summed E-state index contributed by atoms with van der Waals surface area (Å²) in [6.07, 6.45) is 1.44. The van der Waals surface area contributed by atoms with Crippen LogP contribution in [-0.4, -0.2) is 27.5 Å². The number of aryl methyl sites for hydroxylation is 1. The van der Waals surface area contributed by atoms with Gasteiger partial charge in [0.05, 0.1) is 16.1 Å². The third-order valence-electron chi connectivity index (χ3n) is 3.63. The fourth-order valence-corrected chi connectivity index (χ4v) is 3.81. The predicted octanol–water partition coefficient (Wildman–Crippen LogP) is 4.14. The van der Waals surface area contributed by atoms with Gasteiger partial charge < -0.3 is 10.1 Å². The Morgan fingerprint density at radius 2 is 2.15 bits per heavy atom. The molecule has 0 aliphatic rings. The summed E-state index contributed by atoms with van der Waals surface area (Å²) in [6.45, 7) is 1.84. The third kappa shape index (κ3) is 3.56. The summed E-state index contributed by atoms with van der Waals surface area (Å²) in [5, 5.41) is 8.58. The molecule has 26 heavy (non-hydrogen) atoms. The van der Waals surface area contributed by atoms with Crippen LogP contribution in [0.15, 0.2) is 47.4 Å². The van der Waals surface area contributed by atoms with Crippen molar-refractivity contribution in [3.8, 4) is 17.1 Å². The average molecular weight is 382 g/mol. The van der Waals surface area contributed by atoms with E-state index in [1.807, 2.05) is 48.0 Å². The van der Waals surface area contributed by atoms with Crippen molar-refractivity contribution in [2.24, 2.45) is 0 Å². The van der Waals surface area contributed by atoms with Gasteiger partial charge in [-0.1, -0.05) is 12.1 Å². The molecule has 3 aromatic heterocycles. The van der Waals surface area contributed by atoms with Gasteiger partial charge in [-0.15, -0.1) is 22.7 Å². The molecule has 0 saturated carbocycles. The first-order valence-electron chi connectivity index (χ1n) is 7.82. The van der Waals surface area contributed by atoms with E-state index in [0.717, 1.165) is 26.5 Å². The van der Waals surface area contributed by atoms with E-state index in [0.29, 0.717) is 11.6 Å². The molecule has 1 amide bonds. The number of ether oxygens (including phenoxy) is 1. The van der Waals surface area contributed by atoms with E-state index in [9.17, 15) is 4.79 Å². The van der Waals surface area contributed by atoms with Crippen molar-refractivity contribution in [1.29, 1.82) is 0 Å². The zero-order chi connectivity index (χ0) is 17.9. The van der Waals surface area contributed by atoms with Crippen LogP contribution >= 0.6 is 22.7 Å². The summed E-state index contributed by atoms with van der Waals surface area (Å²) < 4.78 is 5.56. The molecule has 4 aromatic rings. The first kappa shape index (κ1) is 16.6. The maximum absolute atomic E-state index is 12.2. The molecule has 1 N–H and O–H groups in total. The quantitative estimate of drug-likeness (QED) is 0.561. The molecule has 0 fully saturated rings. The van der Waals surface area contributed by atoms with E-state index in [1.165, 1.54) is 17.7 Å². The summed E-state index contributed by atoms with van der Waals surface area (Å²) in [5.74, 6) is 0.164. The number of carbonyl (C=O) groups is 1. The molecule has 4 rings (SSSR count). The van der Waals surface area contributed by atoms with Crippen LogP contribution in [0, 0.1) is 6.92 Å². The largest absolute Gasteiger partial charge is 0.467 e. The van der Waals surface area contributed by atoms with Crippen molar-refractivity contribution in [2.75, 3.05) is 11.9 Å². The molecule has 0 bridgehead atoms. The Morgan fingerprint density at radius 1 is 1.23 bits per heavy atom. The summed E-state index contributed by atoms with van der Waals surface area (Å²) in [4.78, 5) is 25.8. The van der Waals surface area contributed by atoms with Gasteiger partial charge in [0.1, 0.15) is 11.2 Å². The second-order valence-corrected chi connectivity index (χ2v) is 7.44. The van der Waals surface area contributed by atoms with E-state index in [2.05, 4.69) is 20.3 Å². The Balaban J connectivity index is 1.43. The highest BCUT2D eigenvalue weighted by Gasteiger charge is 2.10. The fourth-order valence-electron chi connectivity index (χ4n) is 2.47. The minimum Gasteiger partial charge on any atom is -0.467 e. The molecule has 8 heteroatoms. The topological polar surface area (TPSA) is 77.0 Å². The van der Waals surface area contributed by atoms with Crippen LogP contribution in [0.5, 0.6) is 5.88 Å². The van der Waals surface area contributed by atoms with Crippen molar-refractivity contribution in [2.45, 2.75) is 6.92 Å². The highest BCUT2D eigenvalue weighted by atomic mass is 32.1. The Morgan fingerprint density at radius 3 is 3.00 bits per heavy atom. The molecule has 1 aromatic carbocycles.